The van der Waals surface area contributed by atoms with E-state index in [4.69, 9.17) is 28.4 Å². The van der Waals surface area contributed by atoms with E-state index >= 15 is 0 Å². The lowest BCUT2D eigenvalue weighted by atomic mass is 9.98. The first-order valence-corrected chi connectivity index (χ1v) is 13.1. The van der Waals surface area contributed by atoms with Gasteiger partial charge in [0.25, 0.3) is 0 Å². The number of benzene rings is 3. The molecule has 1 saturated heterocycles. The molecule has 3 aromatic rings. The van der Waals surface area contributed by atoms with Crippen molar-refractivity contribution in [2.24, 2.45) is 0 Å². The maximum absolute atomic E-state index is 6.57. The third-order valence-corrected chi connectivity index (χ3v) is 6.58. The van der Waals surface area contributed by atoms with Crippen molar-refractivity contribution in [2.75, 3.05) is 7.11 Å². The van der Waals surface area contributed by atoms with Gasteiger partial charge < -0.3 is 28.4 Å². The summed E-state index contributed by atoms with van der Waals surface area (Å²) in [6, 6.07) is 28.0. The molecule has 1 aliphatic rings. The highest BCUT2D eigenvalue weighted by Gasteiger charge is 2.47. The Morgan fingerprint density at radius 3 is 1.76 bits per heavy atom. The minimum Gasteiger partial charge on any atom is -0.497 e. The average Bonchev–Trinajstić information content (AvgIpc) is 2.96. The lowest BCUT2D eigenvalue weighted by Crippen LogP contribution is -2.60. The van der Waals surface area contributed by atoms with E-state index in [1.165, 1.54) is 0 Å². The van der Waals surface area contributed by atoms with E-state index in [0.29, 0.717) is 19.8 Å². The highest BCUT2D eigenvalue weighted by atomic mass is 16.7. The SMILES string of the molecule is C=CC(C)O[C@H]1O[C@@H](C)[C@@H](OCc2ccc(OC)cc2)[C@@H](OCc2ccccc2)[C@@H]1OCc1ccccc1. The quantitative estimate of drug-likeness (QED) is 0.255. The van der Waals surface area contributed by atoms with E-state index < -0.39 is 18.5 Å². The average molecular weight is 519 g/mol. The number of methoxy groups -OCH3 is 1. The Hall–Kier alpha value is -3.00. The van der Waals surface area contributed by atoms with Gasteiger partial charge in [-0.2, -0.15) is 0 Å². The molecule has 1 unspecified atom stereocenters. The van der Waals surface area contributed by atoms with Crippen LogP contribution in [0.2, 0.25) is 0 Å². The Kier molecular flexibility index (Phi) is 10.5. The predicted molar refractivity (Wildman–Crippen MR) is 147 cm³/mol. The fraction of sp³-hybridized carbons (Fsp3) is 0.375. The van der Waals surface area contributed by atoms with E-state index in [1.54, 1.807) is 13.2 Å². The molecule has 0 N–H and O–H groups in total. The van der Waals surface area contributed by atoms with Crippen LogP contribution in [-0.4, -0.2) is 43.9 Å². The van der Waals surface area contributed by atoms with Crippen LogP contribution in [0.4, 0.5) is 0 Å². The summed E-state index contributed by atoms with van der Waals surface area (Å²) >= 11 is 0. The lowest BCUT2D eigenvalue weighted by Gasteiger charge is -2.45. The summed E-state index contributed by atoms with van der Waals surface area (Å²) < 4.78 is 37.4. The van der Waals surface area contributed by atoms with Gasteiger partial charge in [-0.15, -0.1) is 6.58 Å². The molecule has 202 valence electrons. The van der Waals surface area contributed by atoms with Gasteiger partial charge in [-0.25, -0.2) is 0 Å². The van der Waals surface area contributed by atoms with Crippen LogP contribution in [0.25, 0.3) is 0 Å². The van der Waals surface area contributed by atoms with Gasteiger partial charge in [-0.05, 0) is 42.7 Å². The third kappa shape index (κ3) is 7.76. The van der Waals surface area contributed by atoms with Crippen molar-refractivity contribution < 1.29 is 28.4 Å². The van der Waals surface area contributed by atoms with Gasteiger partial charge in [0.1, 0.15) is 24.1 Å². The molecule has 0 bridgehead atoms. The van der Waals surface area contributed by atoms with Crippen LogP contribution in [0.3, 0.4) is 0 Å². The van der Waals surface area contributed by atoms with Crippen molar-refractivity contribution >= 4 is 0 Å². The molecule has 0 amide bonds. The molecule has 0 saturated carbocycles. The van der Waals surface area contributed by atoms with E-state index in [1.807, 2.05) is 98.8 Å². The van der Waals surface area contributed by atoms with Crippen molar-refractivity contribution in [2.45, 2.75) is 70.5 Å². The molecular formula is C32H38O6. The van der Waals surface area contributed by atoms with Gasteiger partial charge in [0, 0.05) is 0 Å². The molecule has 4 rings (SSSR count). The number of hydrogen-bond acceptors (Lipinski definition) is 6. The molecule has 0 spiro atoms. The smallest absolute Gasteiger partial charge is 0.187 e. The maximum atomic E-state index is 6.57. The first-order valence-electron chi connectivity index (χ1n) is 13.1. The minimum absolute atomic E-state index is 0.221. The Morgan fingerprint density at radius 2 is 1.24 bits per heavy atom. The molecule has 6 nitrogen and oxygen atoms in total. The Bertz CT molecular complexity index is 1090. The fourth-order valence-corrected chi connectivity index (χ4v) is 4.39. The molecule has 1 fully saturated rings. The van der Waals surface area contributed by atoms with Gasteiger partial charge in [0.05, 0.1) is 39.1 Å². The largest absolute Gasteiger partial charge is 0.497 e. The molecule has 1 aliphatic heterocycles. The van der Waals surface area contributed by atoms with Crippen molar-refractivity contribution in [1.82, 2.24) is 0 Å². The summed E-state index contributed by atoms with van der Waals surface area (Å²) in [5.74, 6) is 0.804. The maximum Gasteiger partial charge on any atom is 0.187 e. The fourth-order valence-electron chi connectivity index (χ4n) is 4.39. The molecule has 0 aromatic heterocycles. The summed E-state index contributed by atoms with van der Waals surface area (Å²) in [5.41, 5.74) is 3.15. The van der Waals surface area contributed by atoms with Crippen LogP contribution >= 0.6 is 0 Å². The van der Waals surface area contributed by atoms with Gasteiger partial charge in [0.2, 0.25) is 0 Å². The zero-order chi connectivity index (χ0) is 26.7. The first kappa shape index (κ1) is 28.0. The standard InChI is InChI=1S/C32H38O6/c1-5-23(2)37-32-31(36-21-26-14-10-7-11-15-26)30(35-20-25-12-8-6-9-13-25)29(24(3)38-32)34-22-27-16-18-28(33-4)19-17-27/h5-19,23-24,29-32H,1,20-22H2,2-4H3/t23?,24-,29+,30+,31-,32-/m0/s1. The normalized spacial score (nSPS) is 24.0. The second-order valence-corrected chi connectivity index (χ2v) is 9.43. The van der Waals surface area contributed by atoms with E-state index in [2.05, 4.69) is 6.58 Å². The van der Waals surface area contributed by atoms with Crippen LogP contribution in [0, 0.1) is 0 Å². The number of ether oxygens (including phenoxy) is 6. The second kappa shape index (κ2) is 14.2. The third-order valence-electron chi connectivity index (χ3n) is 6.58. The number of hydrogen-bond donors (Lipinski definition) is 0. The Balaban J connectivity index is 1.57. The molecule has 0 radical (unpaired) electrons. The lowest BCUT2D eigenvalue weighted by molar-refractivity contribution is -0.324. The van der Waals surface area contributed by atoms with Crippen LogP contribution in [0.1, 0.15) is 30.5 Å². The molecular weight excluding hydrogens is 480 g/mol. The summed E-state index contributed by atoms with van der Waals surface area (Å²) in [6.07, 6.45) is -0.784. The van der Waals surface area contributed by atoms with Crippen molar-refractivity contribution in [3.05, 3.63) is 114 Å². The summed E-state index contributed by atoms with van der Waals surface area (Å²) in [6.45, 7) is 8.98. The number of rotatable bonds is 13. The zero-order valence-corrected chi connectivity index (χ0v) is 22.4. The van der Waals surface area contributed by atoms with Gasteiger partial charge in [0.15, 0.2) is 6.29 Å². The zero-order valence-electron chi connectivity index (χ0n) is 22.4. The highest BCUT2D eigenvalue weighted by Crippen LogP contribution is 2.31. The van der Waals surface area contributed by atoms with Crippen LogP contribution in [0.15, 0.2) is 97.6 Å². The topological polar surface area (TPSA) is 55.4 Å². The van der Waals surface area contributed by atoms with Crippen molar-refractivity contribution in [3.63, 3.8) is 0 Å². The molecule has 38 heavy (non-hydrogen) atoms. The monoisotopic (exact) mass is 518 g/mol. The van der Waals surface area contributed by atoms with Gasteiger partial charge in [-0.3, -0.25) is 0 Å². The molecule has 1 heterocycles. The molecule has 3 aromatic carbocycles. The molecule has 6 heteroatoms. The summed E-state index contributed by atoms with van der Waals surface area (Å²) in [7, 11) is 1.66. The van der Waals surface area contributed by atoms with Crippen LogP contribution in [-0.2, 0) is 43.5 Å². The second-order valence-electron chi connectivity index (χ2n) is 9.43. The van der Waals surface area contributed by atoms with E-state index in [9.17, 15) is 0 Å². The summed E-state index contributed by atoms with van der Waals surface area (Å²) in [5, 5.41) is 0. The van der Waals surface area contributed by atoms with Crippen LogP contribution in [0.5, 0.6) is 5.75 Å². The highest BCUT2D eigenvalue weighted by molar-refractivity contribution is 5.26. The molecule has 6 atom stereocenters. The van der Waals surface area contributed by atoms with E-state index in [-0.39, 0.29) is 18.3 Å². The molecule has 0 aliphatic carbocycles. The first-order chi connectivity index (χ1) is 18.6. The van der Waals surface area contributed by atoms with Gasteiger partial charge >= 0.3 is 0 Å². The van der Waals surface area contributed by atoms with Crippen molar-refractivity contribution in [3.8, 4) is 5.75 Å². The van der Waals surface area contributed by atoms with Crippen LogP contribution < -0.4 is 4.74 Å². The Morgan fingerprint density at radius 1 is 0.737 bits per heavy atom. The Labute approximate surface area is 226 Å². The predicted octanol–water partition coefficient (Wildman–Crippen LogP) is 6.09. The van der Waals surface area contributed by atoms with E-state index in [0.717, 1.165) is 22.4 Å². The van der Waals surface area contributed by atoms with Crippen molar-refractivity contribution in [1.29, 1.82) is 0 Å². The summed E-state index contributed by atoms with van der Waals surface area (Å²) in [4.78, 5) is 0. The van der Waals surface area contributed by atoms with Gasteiger partial charge in [-0.1, -0.05) is 78.9 Å². The minimum atomic E-state index is -0.650.